The molecule has 0 saturated heterocycles. The van der Waals surface area contributed by atoms with Crippen LogP contribution in [0, 0.1) is 0 Å². The molecule has 3 aromatic carbocycles. The third-order valence-electron chi connectivity index (χ3n) is 7.72. The molecule has 1 fully saturated rings. The lowest BCUT2D eigenvalue weighted by atomic mass is 10.0. The van der Waals surface area contributed by atoms with Crippen molar-refractivity contribution in [3.8, 4) is 5.75 Å². The lowest BCUT2D eigenvalue weighted by Crippen LogP contribution is -2.52. The number of carbonyl (C=O) groups is 2. The van der Waals surface area contributed by atoms with Gasteiger partial charge in [0.15, 0.2) is 0 Å². The normalized spacial score (nSPS) is 14.2. The zero-order valence-corrected chi connectivity index (χ0v) is 26.3. The molecule has 0 spiro atoms. The molecule has 0 aromatic heterocycles. The molecule has 10 heteroatoms. The number of hydrogen-bond acceptors (Lipinski definition) is 5. The second-order valence-corrected chi connectivity index (χ2v) is 13.3. The third kappa shape index (κ3) is 9.21. The summed E-state index contributed by atoms with van der Waals surface area (Å²) in [5, 5.41) is 3.74. The number of rotatable bonds is 14. The van der Waals surface area contributed by atoms with Crippen molar-refractivity contribution in [1.29, 1.82) is 0 Å². The molecule has 8 nitrogen and oxygen atoms in total. The molecule has 2 amide bonds. The number of para-hydroxylation sites is 2. The largest absolute Gasteiger partial charge is 0.495 e. The summed E-state index contributed by atoms with van der Waals surface area (Å²) in [5.74, 6) is 0.00205. The summed E-state index contributed by atoms with van der Waals surface area (Å²) in [6.07, 6.45) is 5.78. The van der Waals surface area contributed by atoms with Crippen molar-refractivity contribution in [2.24, 2.45) is 0 Å². The van der Waals surface area contributed by atoms with E-state index >= 15 is 0 Å². The maximum atomic E-state index is 14.0. The number of hydrogen-bond donors (Lipinski definition) is 1. The predicted molar refractivity (Wildman–Crippen MR) is 171 cm³/mol. The molecular formula is C33H40ClN3O5S. The van der Waals surface area contributed by atoms with E-state index in [-0.39, 0.29) is 43.8 Å². The molecule has 4 rings (SSSR count). The fourth-order valence-electron chi connectivity index (χ4n) is 5.57. The molecule has 1 saturated carbocycles. The Bertz CT molecular complexity index is 1480. The molecule has 1 N–H and O–H groups in total. The summed E-state index contributed by atoms with van der Waals surface area (Å²) >= 11 is 6.28. The van der Waals surface area contributed by atoms with Crippen molar-refractivity contribution < 1.29 is 22.7 Å². The van der Waals surface area contributed by atoms with Crippen LogP contribution < -0.4 is 14.4 Å². The van der Waals surface area contributed by atoms with Crippen LogP contribution >= 0.6 is 11.6 Å². The number of benzene rings is 3. The molecular weight excluding hydrogens is 586 g/mol. The highest BCUT2D eigenvalue weighted by Crippen LogP contribution is 2.30. The van der Waals surface area contributed by atoms with Crippen LogP contribution in [0.5, 0.6) is 5.75 Å². The summed E-state index contributed by atoms with van der Waals surface area (Å²) in [7, 11) is -2.17. The number of amides is 2. The van der Waals surface area contributed by atoms with Gasteiger partial charge in [-0.05, 0) is 54.7 Å². The van der Waals surface area contributed by atoms with Crippen LogP contribution in [0.4, 0.5) is 5.69 Å². The summed E-state index contributed by atoms with van der Waals surface area (Å²) in [4.78, 5) is 29.5. The Labute approximate surface area is 260 Å². The molecule has 3 aromatic rings. The van der Waals surface area contributed by atoms with Crippen LogP contribution in [0.1, 0.15) is 49.7 Å². The minimum Gasteiger partial charge on any atom is -0.495 e. The van der Waals surface area contributed by atoms with Crippen LogP contribution in [0.3, 0.4) is 0 Å². The molecule has 1 atom stereocenters. The van der Waals surface area contributed by atoms with Gasteiger partial charge in [-0.3, -0.25) is 13.9 Å². The Hall–Kier alpha value is -3.56. The minimum atomic E-state index is -3.66. The van der Waals surface area contributed by atoms with Crippen molar-refractivity contribution in [3.63, 3.8) is 0 Å². The van der Waals surface area contributed by atoms with E-state index in [1.807, 2.05) is 42.5 Å². The molecule has 0 heterocycles. The molecule has 230 valence electrons. The SMILES string of the molecule is COc1ccccc1N(CCCC(=O)N(Cc1cccc(Cl)c1)[C@@H](Cc1ccccc1)C(=O)NC1CCCC1)S(C)(=O)=O. The summed E-state index contributed by atoms with van der Waals surface area (Å²) in [6.45, 7) is 0.269. The van der Waals surface area contributed by atoms with Crippen LogP contribution in [0.25, 0.3) is 0 Å². The first-order chi connectivity index (χ1) is 20.7. The number of carbonyl (C=O) groups excluding carboxylic acids is 2. The number of nitrogens with one attached hydrogen (secondary N) is 1. The first-order valence-corrected chi connectivity index (χ1v) is 16.9. The van der Waals surface area contributed by atoms with E-state index in [1.54, 1.807) is 41.3 Å². The third-order valence-corrected chi connectivity index (χ3v) is 9.14. The molecule has 1 aliphatic rings. The Morgan fingerprint density at radius 1 is 0.977 bits per heavy atom. The summed E-state index contributed by atoms with van der Waals surface area (Å²) < 4.78 is 32.2. The minimum absolute atomic E-state index is 0.0454. The van der Waals surface area contributed by atoms with Crippen LogP contribution in [0.15, 0.2) is 78.9 Å². The highest BCUT2D eigenvalue weighted by molar-refractivity contribution is 7.92. The Balaban J connectivity index is 1.60. The maximum Gasteiger partial charge on any atom is 0.243 e. The smallest absolute Gasteiger partial charge is 0.243 e. The van der Waals surface area contributed by atoms with Crippen molar-refractivity contribution in [1.82, 2.24) is 10.2 Å². The van der Waals surface area contributed by atoms with Gasteiger partial charge < -0.3 is 15.0 Å². The van der Waals surface area contributed by atoms with E-state index in [9.17, 15) is 18.0 Å². The fraction of sp³-hybridized carbons (Fsp3) is 0.394. The van der Waals surface area contributed by atoms with Crippen LogP contribution in [-0.4, -0.2) is 57.1 Å². The molecule has 0 radical (unpaired) electrons. The van der Waals surface area contributed by atoms with E-state index in [1.165, 1.54) is 11.4 Å². The highest BCUT2D eigenvalue weighted by atomic mass is 35.5. The Morgan fingerprint density at radius 3 is 2.33 bits per heavy atom. The standard InChI is InChI=1S/C33H40ClN3O5S/c1-42-31-19-9-8-18-29(31)37(43(2,40)41)21-11-20-32(38)36(24-26-14-10-15-27(34)22-26)30(23-25-12-4-3-5-13-25)33(39)35-28-16-6-7-17-28/h3-5,8-10,12-15,18-19,22,28,30H,6-7,11,16-17,20-21,23-24H2,1-2H3,(H,35,39)/t30-/m0/s1. The highest BCUT2D eigenvalue weighted by Gasteiger charge is 2.32. The van der Waals surface area contributed by atoms with E-state index in [4.69, 9.17) is 16.3 Å². The number of halogens is 1. The van der Waals surface area contributed by atoms with Gasteiger partial charge in [0.1, 0.15) is 11.8 Å². The molecule has 1 aliphatic carbocycles. The van der Waals surface area contributed by atoms with Crippen molar-refractivity contribution in [3.05, 3.63) is 95.0 Å². The van der Waals surface area contributed by atoms with Crippen molar-refractivity contribution >= 4 is 39.1 Å². The van der Waals surface area contributed by atoms with Gasteiger partial charge in [-0.25, -0.2) is 8.42 Å². The van der Waals surface area contributed by atoms with Gasteiger partial charge in [0.05, 0.1) is 19.1 Å². The maximum absolute atomic E-state index is 14.0. The fourth-order valence-corrected chi connectivity index (χ4v) is 6.75. The zero-order valence-electron chi connectivity index (χ0n) is 24.7. The second kappa shape index (κ2) is 15.3. The predicted octanol–water partition coefficient (Wildman–Crippen LogP) is 5.59. The quantitative estimate of drug-likeness (QED) is 0.252. The summed E-state index contributed by atoms with van der Waals surface area (Å²) in [6, 6.07) is 23.2. The lowest BCUT2D eigenvalue weighted by molar-refractivity contribution is -0.141. The van der Waals surface area contributed by atoms with E-state index in [2.05, 4.69) is 5.32 Å². The first kappa shape index (κ1) is 32.4. The van der Waals surface area contributed by atoms with Crippen molar-refractivity contribution in [2.75, 3.05) is 24.2 Å². The number of anilines is 1. The van der Waals surface area contributed by atoms with Gasteiger partial charge in [-0.1, -0.05) is 79.0 Å². The van der Waals surface area contributed by atoms with Crippen LogP contribution in [-0.2, 0) is 32.6 Å². The van der Waals surface area contributed by atoms with E-state index in [0.717, 1.165) is 43.1 Å². The van der Waals surface area contributed by atoms with Crippen LogP contribution in [0.2, 0.25) is 5.02 Å². The number of ether oxygens (including phenoxy) is 1. The van der Waals surface area contributed by atoms with Gasteiger partial charge in [-0.2, -0.15) is 0 Å². The van der Waals surface area contributed by atoms with Gasteiger partial charge in [0.25, 0.3) is 0 Å². The number of methoxy groups -OCH3 is 1. The molecule has 0 bridgehead atoms. The Kier molecular flexibility index (Phi) is 11.5. The van der Waals surface area contributed by atoms with Gasteiger partial charge in [0, 0.05) is 37.0 Å². The summed E-state index contributed by atoms with van der Waals surface area (Å²) in [5.41, 5.74) is 2.16. The average molecular weight is 626 g/mol. The monoisotopic (exact) mass is 625 g/mol. The van der Waals surface area contributed by atoms with Gasteiger partial charge >= 0.3 is 0 Å². The average Bonchev–Trinajstić information content (AvgIpc) is 3.50. The van der Waals surface area contributed by atoms with Gasteiger partial charge in [0.2, 0.25) is 21.8 Å². The second-order valence-electron chi connectivity index (χ2n) is 11.0. The van der Waals surface area contributed by atoms with Crippen molar-refractivity contribution in [2.45, 2.75) is 63.6 Å². The Morgan fingerprint density at radius 2 is 1.65 bits per heavy atom. The topological polar surface area (TPSA) is 96.0 Å². The zero-order chi connectivity index (χ0) is 30.8. The lowest BCUT2D eigenvalue weighted by Gasteiger charge is -2.33. The molecule has 43 heavy (non-hydrogen) atoms. The number of nitrogens with zero attached hydrogens (tertiary/aromatic N) is 2. The first-order valence-electron chi connectivity index (χ1n) is 14.6. The number of sulfonamides is 1. The molecule has 0 aliphatic heterocycles. The van der Waals surface area contributed by atoms with Gasteiger partial charge in [-0.15, -0.1) is 0 Å². The van der Waals surface area contributed by atoms with E-state index in [0.29, 0.717) is 22.9 Å². The molecule has 0 unspecified atom stereocenters. The van der Waals surface area contributed by atoms with E-state index < -0.39 is 16.1 Å².